The Bertz CT molecular complexity index is 2830. The first-order valence-corrected chi connectivity index (χ1v) is 18.0. The Kier molecular flexibility index (Phi) is 7.30. The number of anilines is 3. The second-order valence-corrected chi connectivity index (χ2v) is 13.5. The second kappa shape index (κ2) is 12.6. The molecule has 1 aromatic heterocycles. The standard InChI is InChI=1S/C51H33NO/c1-4-16-36(17-5-1)34-35-51(38-18-6-2-7-19-38)45-26-12-10-23-44(45)49-46(51)27-15-28-47(49)52(39-20-8-3-9-21-39)40-32-30-37(31-33-40)41-24-14-25-43-42-22-11-13-29-48(42)53-50(41)43/h1-33H. The normalized spacial score (nSPS) is 14.3. The molecular weight excluding hydrogens is 643 g/mol. The fraction of sp³-hybridized carbons (Fsp3) is 0.0196. The van der Waals surface area contributed by atoms with Crippen molar-refractivity contribution in [2.45, 2.75) is 5.41 Å². The van der Waals surface area contributed by atoms with E-state index < -0.39 is 5.41 Å². The van der Waals surface area contributed by atoms with Crippen molar-refractivity contribution in [2.75, 3.05) is 4.90 Å². The van der Waals surface area contributed by atoms with Crippen molar-refractivity contribution in [3.8, 4) is 34.1 Å². The van der Waals surface area contributed by atoms with Gasteiger partial charge in [0.05, 0.1) is 5.69 Å². The molecule has 8 aromatic carbocycles. The van der Waals surface area contributed by atoms with Crippen LogP contribution in [0.1, 0.15) is 22.3 Å². The highest BCUT2D eigenvalue weighted by atomic mass is 16.3. The molecule has 0 radical (unpaired) electrons. The van der Waals surface area contributed by atoms with E-state index in [0.717, 1.165) is 61.3 Å². The highest BCUT2D eigenvalue weighted by Gasteiger charge is 2.45. The van der Waals surface area contributed by atoms with Crippen LogP contribution >= 0.6 is 0 Å². The summed E-state index contributed by atoms with van der Waals surface area (Å²) < 4.78 is 6.42. The third-order valence-electron chi connectivity index (χ3n) is 10.5. The van der Waals surface area contributed by atoms with Crippen molar-refractivity contribution < 1.29 is 4.42 Å². The van der Waals surface area contributed by atoms with Gasteiger partial charge in [-0.05, 0) is 76.3 Å². The van der Waals surface area contributed by atoms with Crippen LogP contribution in [0.3, 0.4) is 0 Å². The topological polar surface area (TPSA) is 16.4 Å². The summed E-state index contributed by atoms with van der Waals surface area (Å²) >= 11 is 0. The molecule has 2 nitrogen and oxygen atoms in total. The fourth-order valence-electron chi connectivity index (χ4n) is 8.16. The number of nitrogens with zero attached hydrogens (tertiary/aromatic N) is 1. The van der Waals surface area contributed by atoms with Gasteiger partial charge in [-0.25, -0.2) is 0 Å². The molecule has 0 spiro atoms. The van der Waals surface area contributed by atoms with Crippen molar-refractivity contribution in [3.05, 3.63) is 222 Å². The molecule has 1 unspecified atom stereocenters. The summed E-state index contributed by atoms with van der Waals surface area (Å²) in [5.41, 5.74) is 13.5. The number of benzene rings is 8. The van der Waals surface area contributed by atoms with Gasteiger partial charge in [0, 0.05) is 38.8 Å². The molecule has 0 N–H and O–H groups in total. The van der Waals surface area contributed by atoms with E-state index in [1.807, 2.05) is 30.3 Å². The number of hydrogen-bond donors (Lipinski definition) is 0. The predicted octanol–water partition coefficient (Wildman–Crippen LogP) is 13.1. The summed E-state index contributed by atoms with van der Waals surface area (Å²) in [6.45, 7) is 0. The van der Waals surface area contributed by atoms with Crippen LogP contribution < -0.4 is 4.90 Å². The van der Waals surface area contributed by atoms with E-state index in [1.165, 1.54) is 22.3 Å². The van der Waals surface area contributed by atoms with Gasteiger partial charge in [-0.15, -0.1) is 0 Å². The second-order valence-electron chi connectivity index (χ2n) is 13.5. The molecule has 9 aromatic rings. The van der Waals surface area contributed by atoms with Crippen LogP contribution in [0.4, 0.5) is 17.1 Å². The Morgan fingerprint density at radius 3 is 1.87 bits per heavy atom. The summed E-state index contributed by atoms with van der Waals surface area (Å²) in [5.74, 6) is 7.45. The fourth-order valence-corrected chi connectivity index (χ4v) is 8.16. The van der Waals surface area contributed by atoms with Gasteiger partial charge in [0.2, 0.25) is 0 Å². The molecule has 53 heavy (non-hydrogen) atoms. The maximum Gasteiger partial charge on any atom is 0.143 e. The molecule has 0 fully saturated rings. The Balaban J connectivity index is 1.18. The third-order valence-corrected chi connectivity index (χ3v) is 10.5. The minimum absolute atomic E-state index is 0.670. The number of para-hydroxylation sites is 3. The monoisotopic (exact) mass is 675 g/mol. The Labute approximate surface area is 309 Å². The number of fused-ring (bicyclic) bond motifs is 6. The van der Waals surface area contributed by atoms with Gasteiger partial charge >= 0.3 is 0 Å². The van der Waals surface area contributed by atoms with Gasteiger partial charge in [0.1, 0.15) is 16.6 Å². The molecule has 2 heteroatoms. The van der Waals surface area contributed by atoms with E-state index in [9.17, 15) is 0 Å². The van der Waals surface area contributed by atoms with E-state index in [0.29, 0.717) is 0 Å². The first-order valence-electron chi connectivity index (χ1n) is 18.0. The van der Waals surface area contributed by atoms with Crippen molar-refractivity contribution in [3.63, 3.8) is 0 Å². The first-order chi connectivity index (χ1) is 26.3. The van der Waals surface area contributed by atoms with Crippen LogP contribution in [-0.4, -0.2) is 0 Å². The molecule has 1 aliphatic carbocycles. The van der Waals surface area contributed by atoms with E-state index in [2.05, 4.69) is 187 Å². The molecule has 1 aliphatic rings. The first kappa shape index (κ1) is 30.7. The van der Waals surface area contributed by atoms with Gasteiger partial charge in [-0.2, -0.15) is 0 Å². The van der Waals surface area contributed by atoms with Crippen LogP contribution in [0.2, 0.25) is 0 Å². The van der Waals surface area contributed by atoms with Crippen molar-refractivity contribution >= 4 is 39.0 Å². The average molecular weight is 676 g/mol. The zero-order valence-corrected chi connectivity index (χ0v) is 28.9. The van der Waals surface area contributed by atoms with Crippen molar-refractivity contribution in [1.29, 1.82) is 0 Å². The molecule has 0 amide bonds. The molecule has 0 saturated heterocycles. The van der Waals surface area contributed by atoms with E-state index in [1.54, 1.807) is 0 Å². The molecule has 1 atom stereocenters. The summed E-state index contributed by atoms with van der Waals surface area (Å²) in [6, 6.07) is 70.8. The highest BCUT2D eigenvalue weighted by molar-refractivity contribution is 6.09. The summed E-state index contributed by atoms with van der Waals surface area (Å²) in [6.07, 6.45) is 0. The number of hydrogen-bond acceptors (Lipinski definition) is 2. The minimum Gasteiger partial charge on any atom is -0.455 e. The molecule has 0 bridgehead atoms. The van der Waals surface area contributed by atoms with Gasteiger partial charge in [0.15, 0.2) is 0 Å². The predicted molar refractivity (Wildman–Crippen MR) is 219 cm³/mol. The molecule has 10 rings (SSSR count). The average Bonchev–Trinajstić information content (AvgIpc) is 3.76. The summed E-state index contributed by atoms with van der Waals surface area (Å²) in [4.78, 5) is 2.38. The van der Waals surface area contributed by atoms with Crippen LogP contribution in [0.15, 0.2) is 205 Å². The summed E-state index contributed by atoms with van der Waals surface area (Å²) in [5, 5.41) is 2.26. The van der Waals surface area contributed by atoms with Gasteiger partial charge < -0.3 is 9.32 Å². The summed E-state index contributed by atoms with van der Waals surface area (Å²) in [7, 11) is 0. The lowest BCUT2D eigenvalue weighted by atomic mass is 9.73. The Morgan fingerprint density at radius 2 is 1.06 bits per heavy atom. The van der Waals surface area contributed by atoms with Gasteiger partial charge in [-0.3, -0.25) is 0 Å². The zero-order valence-electron chi connectivity index (χ0n) is 28.9. The van der Waals surface area contributed by atoms with E-state index >= 15 is 0 Å². The van der Waals surface area contributed by atoms with E-state index in [-0.39, 0.29) is 0 Å². The lowest BCUT2D eigenvalue weighted by molar-refractivity contribution is 0.670. The molecule has 0 aliphatic heterocycles. The largest absolute Gasteiger partial charge is 0.455 e. The maximum atomic E-state index is 6.42. The molecule has 0 saturated carbocycles. The van der Waals surface area contributed by atoms with Crippen LogP contribution in [-0.2, 0) is 5.41 Å². The lowest BCUT2D eigenvalue weighted by Crippen LogP contribution is -2.25. The molecule has 1 heterocycles. The van der Waals surface area contributed by atoms with Gasteiger partial charge in [0.25, 0.3) is 0 Å². The van der Waals surface area contributed by atoms with Gasteiger partial charge in [-0.1, -0.05) is 164 Å². The Hall–Kier alpha value is -7.08. The Morgan fingerprint density at radius 1 is 0.453 bits per heavy atom. The van der Waals surface area contributed by atoms with Crippen LogP contribution in [0, 0.1) is 11.8 Å². The quantitative estimate of drug-likeness (QED) is 0.169. The van der Waals surface area contributed by atoms with Crippen LogP contribution in [0.5, 0.6) is 0 Å². The zero-order chi connectivity index (χ0) is 35.2. The third kappa shape index (κ3) is 4.98. The van der Waals surface area contributed by atoms with E-state index in [4.69, 9.17) is 4.42 Å². The van der Waals surface area contributed by atoms with Crippen molar-refractivity contribution in [1.82, 2.24) is 0 Å². The van der Waals surface area contributed by atoms with Crippen LogP contribution in [0.25, 0.3) is 44.2 Å². The number of furan rings is 1. The molecule has 248 valence electrons. The minimum atomic E-state index is -0.670. The molecular formula is C51H33NO. The highest BCUT2D eigenvalue weighted by Crippen LogP contribution is 2.56. The SMILES string of the molecule is C(#CC1(c2ccccc2)c2ccccc2-c2c(N(c3ccccc3)c3ccc(-c4cccc5c4oc4ccccc45)cc3)cccc21)c1ccccc1. The smallest absolute Gasteiger partial charge is 0.143 e. The van der Waals surface area contributed by atoms with Crippen molar-refractivity contribution in [2.24, 2.45) is 0 Å². The maximum absolute atomic E-state index is 6.42. The lowest BCUT2D eigenvalue weighted by Gasteiger charge is -2.30. The number of rotatable bonds is 5.